The van der Waals surface area contributed by atoms with Crippen LogP contribution in [0, 0.1) is 0 Å². The Hall–Kier alpha value is -7.00. The minimum Gasteiger partial charge on any atom is -0.508 e. The number of hydrogen-bond donors (Lipinski definition) is 10. The zero-order valence-electron chi connectivity index (χ0n) is 31.7. The van der Waals surface area contributed by atoms with E-state index in [1.54, 1.807) is 24.3 Å². The SMILES string of the molecule is COc1cc(C2Oc3cc(O)ccc3C(c3c(O)c4c(c(C5c6ccc(O)cc6OC(c6cccc(O)c6)C5O)c3O)OC(c3cccc(O)c3)C(O)C4)C2O)ccc1O. The molecule has 0 fully saturated rings. The van der Waals surface area contributed by atoms with Gasteiger partial charge in [0.25, 0.3) is 0 Å². The van der Waals surface area contributed by atoms with Gasteiger partial charge in [0.05, 0.1) is 13.2 Å². The molecule has 308 valence electrons. The van der Waals surface area contributed by atoms with Crippen molar-refractivity contribution in [1.82, 2.24) is 0 Å². The van der Waals surface area contributed by atoms with Gasteiger partial charge < -0.3 is 70.0 Å². The lowest BCUT2D eigenvalue weighted by Crippen LogP contribution is -2.38. The minimum absolute atomic E-state index is 0.0245. The molecule has 0 aromatic heterocycles. The van der Waals surface area contributed by atoms with Gasteiger partial charge in [-0.25, -0.2) is 0 Å². The molecular formula is C46H40O14. The van der Waals surface area contributed by atoms with E-state index in [4.69, 9.17) is 18.9 Å². The van der Waals surface area contributed by atoms with Gasteiger partial charge in [0.2, 0.25) is 0 Å². The first-order chi connectivity index (χ1) is 28.8. The number of rotatable bonds is 6. The summed E-state index contributed by atoms with van der Waals surface area (Å²) in [5.41, 5.74) is 1.35. The first-order valence-electron chi connectivity index (χ1n) is 19.1. The van der Waals surface area contributed by atoms with Crippen LogP contribution in [0.4, 0.5) is 0 Å². The van der Waals surface area contributed by atoms with Crippen LogP contribution in [0.1, 0.15) is 74.7 Å². The zero-order chi connectivity index (χ0) is 42.1. The molecule has 8 atom stereocenters. The highest BCUT2D eigenvalue weighted by atomic mass is 16.5. The number of benzene rings is 6. The first-order valence-corrected chi connectivity index (χ1v) is 19.1. The van der Waals surface area contributed by atoms with Crippen molar-refractivity contribution >= 4 is 0 Å². The Morgan fingerprint density at radius 2 is 1.03 bits per heavy atom. The molecule has 6 aromatic rings. The summed E-state index contributed by atoms with van der Waals surface area (Å²) in [6, 6.07) is 24.8. The van der Waals surface area contributed by atoms with Gasteiger partial charge in [-0.1, -0.05) is 42.5 Å². The second kappa shape index (κ2) is 14.7. The molecule has 6 aromatic carbocycles. The average molecular weight is 817 g/mol. The summed E-state index contributed by atoms with van der Waals surface area (Å²) in [6.45, 7) is 0. The van der Waals surface area contributed by atoms with E-state index in [-0.39, 0.29) is 80.4 Å². The van der Waals surface area contributed by atoms with Gasteiger partial charge in [0, 0.05) is 58.2 Å². The number of ether oxygens (including phenoxy) is 4. The zero-order valence-corrected chi connectivity index (χ0v) is 31.7. The third-order valence-corrected chi connectivity index (χ3v) is 11.6. The smallest absolute Gasteiger partial charge is 0.160 e. The van der Waals surface area contributed by atoms with Crippen LogP contribution >= 0.6 is 0 Å². The van der Waals surface area contributed by atoms with Gasteiger partial charge in [-0.15, -0.1) is 0 Å². The van der Waals surface area contributed by atoms with Crippen LogP contribution in [-0.2, 0) is 6.42 Å². The molecule has 14 nitrogen and oxygen atoms in total. The Kier molecular flexibility index (Phi) is 9.42. The fourth-order valence-electron chi connectivity index (χ4n) is 8.87. The van der Waals surface area contributed by atoms with Crippen LogP contribution in [0.3, 0.4) is 0 Å². The standard InChI is InChI=1S/C46H40O14/c1-57-34-16-22(8-13-30(34)51)45-41(55)35(27-11-9-25(49)17-32(27)59-45)37-39(53)29-19-31(52)43(20-4-2-6-23(47)14-20)60-46(29)38(40(37)54)36-28-12-10-26(50)18-33(28)58-44(42(36)56)21-5-3-7-24(48)15-21/h2-18,31,35-36,41-45,47-56H,19H2,1H3. The molecule has 0 bridgehead atoms. The van der Waals surface area contributed by atoms with Crippen molar-refractivity contribution in [2.75, 3.05) is 7.11 Å². The summed E-state index contributed by atoms with van der Waals surface area (Å²) in [7, 11) is 1.36. The van der Waals surface area contributed by atoms with Crippen molar-refractivity contribution in [2.24, 2.45) is 0 Å². The van der Waals surface area contributed by atoms with Crippen LogP contribution < -0.4 is 18.9 Å². The highest BCUT2D eigenvalue weighted by Crippen LogP contribution is 2.60. The number of aliphatic hydroxyl groups is 3. The third-order valence-electron chi connectivity index (χ3n) is 11.6. The summed E-state index contributed by atoms with van der Waals surface area (Å²) in [5.74, 6) is -4.26. The molecule has 3 aliphatic heterocycles. The highest BCUT2D eigenvalue weighted by molar-refractivity contribution is 5.70. The quantitative estimate of drug-likeness (QED) is 0.0939. The third kappa shape index (κ3) is 6.32. The first kappa shape index (κ1) is 38.5. The molecule has 8 unspecified atom stereocenters. The van der Waals surface area contributed by atoms with Gasteiger partial charge >= 0.3 is 0 Å². The Balaban J connectivity index is 1.31. The average Bonchev–Trinajstić information content (AvgIpc) is 3.22. The summed E-state index contributed by atoms with van der Waals surface area (Å²) in [5, 5.41) is 114. The van der Waals surface area contributed by atoms with Crippen LogP contribution in [0.5, 0.6) is 63.2 Å². The molecule has 3 heterocycles. The molecule has 0 radical (unpaired) electrons. The topological polar surface area (TPSA) is 239 Å². The lowest BCUT2D eigenvalue weighted by atomic mass is 9.73. The number of aromatic hydroxyl groups is 7. The number of phenols is 7. The van der Waals surface area contributed by atoms with E-state index < -0.39 is 60.0 Å². The van der Waals surface area contributed by atoms with Crippen LogP contribution in [0.25, 0.3) is 0 Å². The van der Waals surface area contributed by atoms with Gasteiger partial charge in [-0.3, -0.25) is 0 Å². The maximum absolute atomic E-state index is 12.9. The van der Waals surface area contributed by atoms with E-state index in [1.807, 2.05) is 0 Å². The summed E-state index contributed by atoms with van der Waals surface area (Å²) in [4.78, 5) is 0. The summed E-state index contributed by atoms with van der Waals surface area (Å²) in [6.07, 6.45) is -8.30. The Labute approximate surface area is 342 Å². The van der Waals surface area contributed by atoms with Crippen molar-refractivity contribution < 1.29 is 70.0 Å². The second-order valence-corrected chi connectivity index (χ2v) is 15.2. The predicted octanol–water partition coefficient (Wildman–Crippen LogP) is 5.92. The molecule has 10 N–H and O–H groups in total. The predicted molar refractivity (Wildman–Crippen MR) is 212 cm³/mol. The van der Waals surface area contributed by atoms with E-state index in [9.17, 15) is 51.1 Å². The maximum atomic E-state index is 12.9. The summed E-state index contributed by atoms with van der Waals surface area (Å²) >= 11 is 0. The summed E-state index contributed by atoms with van der Waals surface area (Å²) < 4.78 is 24.5. The Bertz CT molecular complexity index is 2640. The van der Waals surface area contributed by atoms with Gasteiger partial charge in [0.15, 0.2) is 23.7 Å². The number of hydrogen-bond acceptors (Lipinski definition) is 14. The van der Waals surface area contributed by atoms with E-state index in [0.29, 0.717) is 22.3 Å². The van der Waals surface area contributed by atoms with Crippen molar-refractivity contribution in [2.45, 2.75) is 54.9 Å². The molecule has 0 amide bonds. The van der Waals surface area contributed by atoms with Crippen LogP contribution in [0.2, 0.25) is 0 Å². The van der Waals surface area contributed by atoms with Crippen LogP contribution in [-0.4, -0.2) is 76.5 Å². The molecule has 0 saturated carbocycles. The second-order valence-electron chi connectivity index (χ2n) is 15.2. The number of phenolic OH excluding ortho intramolecular Hbond substituents is 7. The Morgan fingerprint density at radius 3 is 1.58 bits per heavy atom. The number of fused-ring (bicyclic) bond motifs is 3. The fourth-order valence-corrected chi connectivity index (χ4v) is 8.87. The molecule has 0 saturated heterocycles. The number of methoxy groups -OCH3 is 1. The fraction of sp³-hybridized carbons (Fsp3) is 0.217. The van der Waals surface area contributed by atoms with Crippen molar-refractivity contribution in [3.8, 4) is 63.2 Å². The molecule has 60 heavy (non-hydrogen) atoms. The van der Waals surface area contributed by atoms with Gasteiger partial charge in [-0.2, -0.15) is 0 Å². The maximum Gasteiger partial charge on any atom is 0.160 e. The van der Waals surface area contributed by atoms with Crippen LogP contribution in [0.15, 0.2) is 103 Å². The normalized spacial score (nSPS) is 24.1. The van der Waals surface area contributed by atoms with E-state index >= 15 is 0 Å². The lowest BCUT2D eigenvalue weighted by Gasteiger charge is -2.42. The van der Waals surface area contributed by atoms with Gasteiger partial charge in [0.1, 0.15) is 70.1 Å². The molecule has 3 aliphatic rings. The molecule has 14 heteroatoms. The molecule has 0 aliphatic carbocycles. The Morgan fingerprint density at radius 1 is 0.517 bits per heavy atom. The van der Waals surface area contributed by atoms with Crippen molar-refractivity contribution in [3.63, 3.8) is 0 Å². The van der Waals surface area contributed by atoms with E-state index in [2.05, 4.69) is 0 Å². The molecule has 9 rings (SSSR count). The highest BCUT2D eigenvalue weighted by Gasteiger charge is 2.49. The number of aliphatic hydroxyl groups excluding tert-OH is 3. The van der Waals surface area contributed by atoms with Gasteiger partial charge in [-0.05, 0) is 65.2 Å². The molecular weight excluding hydrogens is 776 g/mol. The largest absolute Gasteiger partial charge is 0.508 e. The van der Waals surface area contributed by atoms with E-state index in [0.717, 1.165) is 0 Å². The van der Waals surface area contributed by atoms with E-state index in [1.165, 1.54) is 86.0 Å². The lowest BCUT2D eigenvalue weighted by molar-refractivity contribution is 0.000386. The minimum atomic E-state index is -1.59. The van der Waals surface area contributed by atoms with Crippen molar-refractivity contribution in [1.29, 1.82) is 0 Å². The monoisotopic (exact) mass is 816 g/mol. The molecule has 0 spiro atoms. The van der Waals surface area contributed by atoms with Crippen molar-refractivity contribution in [3.05, 3.63) is 148 Å².